The molecule has 0 bridgehead atoms. The van der Waals surface area contributed by atoms with Crippen LogP contribution < -0.4 is 5.73 Å². The van der Waals surface area contributed by atoms with Crippen LogP contribution in [0.5, 0.6) is 0 Å². The van der Waals surface area contributed by atoms with Crippen molar-refractivity contribution in [2.24, 2.45) is 0 Å². The number of nitrogen functional groups attached to an aromatic ring is 1. The lowest BCUT2D eigenvalue weighted by atomic mass is 10.0. The van der Waals surface area contributed by atoms with Crippen LogP contribution in [-0.4, -0.2) is 33.9 Å². The van der Waals surface area contributed by atoms with Crippen LogP contribution in [-0.2, 0) is 17.8 Å². The molecule has 3 aromatic carbocycles. The number of hydrogen-bond acceptors (Lipinski definition) is 5. The van der Waals surface area contributed by atoms with Crippen molar-refractivity contribution in [3.8, 4) is 17.3 Å². The van der Waals surface area contributed by atoms with Gasteiger partial charge in [0.15, 0.2) is 0 Å². The van der Waals surface area contributed by atoms with Crippen LogP contribution in [0.25, 0.3) is 11.3 Å². The van der Waals surface area contributed by atoms with Gasteiger partial charge in [0.2, 0.25) is 0 Å². The van der Waals surface area contributed by atoms with Crippen LogP contribution in [0.3, 0.4) is 0 Å². The molecule has 1 saturated heterocycles. The van der Waals surface area contributed by atoms with Crippen molar-refractivity contribution in [2.45, 2.75) is 31.9 Å². The second kappa shape index (κ2) is 11.0. The molecule has 2 heterocycles. The quantitative estimate of drug-likeness (QED) is 0.380. The topological polar surface area (TPSA) is 97.2 Å². The molecule has 5 rings (SSSR count). The van der Waals surface area contributed by atoms with Gasteiger partial charge in [-0.2, -0.15) is 10.4 Å². The van der Waals surface area contributed by atoms with E-state index in [1.807, 2.05) is 60.7 Å². The molecule has 1 atom stereocenters. The van der Waals surface area contributed by atoms with Gasteiger partial charge in [0, 0.05) is 18.7 Å². The maximum atomic E-state index is 12.7. The van der Waals surface area contributed by atoms with E-state index in [1.54, 1.807) is 9.58 Å². The molecular formula is C30H29N5O2. The van der Waals surface area contributed by atoms with E-state index in [4.69, 9.17) is 15.6 Å². The minimum atomic E-state index is -0.353. The number of amides is 1. The number of nitriles is 1. The Balaban J connectivity index is 1.30. The number of benzene rings is 3. The minimum Gasteiger partial charge on any atom is -0.445 e. The van der Waals surface area contributed by atoms with E-state index in [1.165, 1.54) is 11.1 Å². The molecule has 186 valence electrons. The monoisotopic (exact) mass is 491 g/mol. The first-order chi connectivity index (χ1) is 18.1. The maximum absolute atomic E-state index is 12.7. The Bertz CT molecular complexity index is 1390. The zero-order valence-corrected chi connectivity index (χ0v) is 20.6. The predicted molar refractivity (Wildman–Crippen MR) is 143 cm³/mol. The lowest BCUT2D eigenvalue weighted by Crippen LogP contribution is -2.41. The first-order valence-corrected chi connectivity index (χ1v) is 12.5. The highest BCUT2D eigenvalue weighted by Gasteiger charge is 2.29. The van der Waals surface area contributed by atoms with Gasteiger partial charge in [0.05, 0.1) is 6.04 Å². The number of piperidine rings is 1. The number of hydrogen-bond donors (Lipinski definition) is 1. The average Bonchev–Trinajstić information content (AvgIpc) is 3.29. The van der Waals surface area contributed by atoms with E-state index in [0.29, 0.717) is 30.2 Å². The molecule has 7 heteroatoms. The van der Waals surface area contributed by atoms with Gasteiger partial charge in [-0.05, 0) is 36.0 Å². The third-order valence-corrected chi connectivity index (χ3v) is 6.74. The molecule has 1 aromatic heterocycles. The lowest BCUT2D eigenvalue weighted by Gasteiger charge is -2.32. The van der Waals surface area contributed by atoms with Gasteiger partial charge >= 0.3 is 6.09 Å². The smallest absolute Gasteiger partial charge is 0.410 e. The second-order valence-corrected chi connectivity index (χ2v) is 9.31. The highest BCUT2D eigenvalue weighted by atomic mass is 16.6. The Hall–Kier alpha value is -4.57. The summed E-state index contributed by atoms with van der Waals surface area (Å²) in [5.41, 5.74) is 11.5. The molecule has 37 heavy (non-hydrogen) atoms. The zero-order chi connectivity index (χ0) is 25.6. The number of nitrogens with zero attached hydrogens (tertiary/aromatic N) is 4. The molecule has 1 fully saturated rings. The van der Waals surface area contributed by atoms with Gasteiger partial charge in [-0.3, -0.25) is 0 Å². The van der Waals surface area contributed by atoms with E-state index < -0.39 is 0 Å². The highest BCUT2D eigenvalue weighted by Crippen LogP contribution is 2.32. The first kappa shape index (κ1) is 24.1. The molecule has 1 aliphatic heterocycles. The van der Waals surface area contributed by atoms with Crippen molar-refractivity contribution < 1.29 is 9.53 Å². The van der Waals surface area contributed by atoms with E-state index in [-0.39, 0.29) is 18.7 Å². The molecule has 2 N–H and O–H groups in total. The Morgan fingerprint density at radius 2 is 1.62 bits per heavy atom. The third kappa shape index (κ3) is 5.49. The third-order valence-electron chi connectivity index (χ3n) is 6.74. The van der Waals surface area contributed by atoms with Crippen LogP contribution in [0.1, 0.15) is 41.1 Å². The zero-order valence-electron chi connectivity index (χ0n) is 20.6. The molecule has 1 unspecified atom stereocenters. The Morgan fingerprint density at radius 3 is 2.30 bits per heavy atom. The molecule has 0 radical (unpaired) electrons. The fraction of sp³-hybridized carbons (Fsp3) is 0.233. The van der Waals surface area contributed by atoms with Crippen molar-refractivity contribution in [1.29, 1.82) is 5.26 Å². The van der Waals surface area contributed by atoms with Crippen molar-refractivity contribution >= 4 is 11.9 Å². The van der Waals surface area contributed by atoms with Crippen molar-refractivity contribution in [3.05, 3.63) is 107 Å². The van der Waals surface area contributed by atoms with Crippen LogP contribution in [0.2, 0.25) is 0 Å². The Labute approximate surface area is 216 Å². The van der Waals surface area contributed by atoms with E-state index in [9.17, 15) is 10.1 Å². The molecule has 7 nitrogen and oxygen atoms in total. The fourth-order valence-electron chi connectivity index (χ4n) is 4.78. The van der Waals surface area contributed by atoms with Crippen molar-refractivity contribution in [1.82, 2.24) is 14.7 Å². The van der Waals surface area contributed by atoms with Crippen LogP contribution in [0.15, 0.2) is 84.9 Å². The minimum absolute atomic E-state index is 0.128. The van der Waals surface area contributed by atoms with Gasteiger partial charge < -0.3 is 15.4 Å². The second-order valence-electron chi connectivity index (χ2n) is 9.31. The number of rotatable bonds is 6. The summed E-state index contributed by atoms with van der Waals surface area (Å²) in [4.78, 5) is 14.4. The highest BCUT2D eigenvalue weighted by molar-refractivity contribution is 5.73. The normalized spacial score (nSPS) is 15.2. The number of carbonyl (C=O) groups excluding carboxylic acids is 1. The molecule has 0 spiro atoms. The summed E-state index contributed by atoms with van der Waals surface area (Å²) in [5, 5.41) is 14.6. The average molecular weight is 492 g/mol. The van der Waals surface area contributed by atoms with Crippen molar-refractivity contribution in [2.75, 3.05) is 18.8 Å². The fourth-order valence-corrected chi connectivity index (χ4v) is 4.78. The number of nitrogens with two attached hydrogens (primary N) is 1. The number of anilines is 1. The summed E-state index contributed by atoms with van der Waals surface area (Å²) in [6, 6.07) is 30.1. The molecule has 1 aliphatic rings. The first-order valence-electron chi connectivity index (χ1n) is 12.5. The SMILES string of the molecule is N#Cc1c(-c2ccc(Cc3ccccc3)cc2)nn(C2CCCN(C(=O)OCc3ccccc3)C2)c1N. The summed E-state index contributed by atoms with van der Waals surface area (Å²) in [7, 11) is 0. The molecule has 4 aromatic rings. The van der Waals surface area contributed by atoms with Gasteiger partial charge in [0.25, 0.3) is 0 Å². The number of ether oxygens (including phenoxy) is 1. The van der Waals surface area contributed by atoms with Gasteiger partial charge in [-0.25, -0.2) is 9.48 Å². The van der Waals surface area contributed by atoms with Crippen molar-refractivity contribution in [3.63, 3.8) is 0 Å². The summed E-state index contributed by atoms with van der Waals surface area (Å²) in [6.07, 6.45) is 2.10. The van der Waals surface area contributed by atoms with E-state index in [2.05, 4.69) is 30.3 Å². The van der Waals surface area contributed by atoms with Crippen LogP contribution in [0.4, 0.5) is 10.6 Å². The largest absolute Gasteiger partial charge is 0.445 e. The van der Waals surface area contributed by atoms with E-state index in [0.717, 1.165) is 30.4 Å². The lowest BCUT2D eigenvalue weighted by molar-refractivity contribution is 0.0791. The van der Waals surface area contributed by atoms with Gasteiger partial charge in [0.1, 0.15) is 29.8 Å². The molecule has 1 amide bonds. The molecular weight excluding hydrogens is 462 g/mol. The summed E-state index contributed by atoms with van der Waals surface area (Å²) < 4.78 is 7.24. The summed E-state index contributed by atoms with van der Waals surface area (Å²) in [5.74, 6) is 0.329. The molecule has 0 saturated carbocycles. The van der Waals surface area contributed by atoms with Crippen LogP contribution in [0, 0.1) is 11.3 Å². The van der Waals surface area contributed by atoms with Gasteiger partial charge in [-0.15, -0.1) is 0 Å². The van der Waals surface area contributed by atoms with Crippen LogP contribution >= 0.6 is 0 Å². The Morgan fingerprint density at radius 1 is 0.973 bits per heavy atom. The maximum Gasteiger partial charge on any atom is 0.410 e. The standard InChI is InChI=1S/C30H29N5O2/c31-19-27-28(25-15-13-23(14-16-25)18-22-8-3-1-4-9-22)33-35(29(27)32)26-12-7-17-34(20-26)30(36)37-21-24-10-5-2-6-11-24/h1-6,8-11,13-16,26H,7,12,17-18,20-21,32H2. The van der Waals surface area contributed by atoms with Gasteiger partial charge in [-0.1, -0.05) is 84.9 Å². The summed E-state index contributed by atoms with van der Waals surface area (Å²) in [6.45, 7) is 1.28. The Kier molecular flexibility index (Phi) is 7.18. The number of carbonyl (C=O) groups is 1. The number of likely N-dealkylation sites (tertiary alicyclic amines) is 1. The predicted octanol–water partition coefficient (Wildman–Crippen LogP) is 5.57. The number of aromatic nitrogens is 2. The molecule has 0 aliphatic carbocycles. The summed E-state index contributed by atoms with van der Waals surface area (Å²) >= 11 is 0. The van der Waals surface area contributed by atoms with E-state index >= 15 is 0 Å².